The minimum Gasteiger partial charge on any atom is -0.489 e. The van der Waals surface area contributed by atoms with Crippen molar-refractivity contribution in [2.75, 3.05) is 6.61 Å². The Hall–Kier alpha value is -2.59. The van der Waals surface area contributed by atoms with E-state index in [1.807, 2.05) is 6.08 Å². The molecule has 1 unspecified atom stereocenters. The fourth-order valence-electron chi connectivity index (χ4n) is 5.49. The molecule has 2 aromatic carbocycles. The molecule has 3 rings (SSSR count). The molecule has 1 aliphatic rings. The van der Waals surface area contributed by atoms with Crippen LogP contribution in [0.15, 0.2) is 42.5 Å². The lowest BCUT2D eigenvalue weighted by atomic mass is 9.70. The van der Waals surface area contributed by atoms with E-state index in [2.05, 4.69) is 84.0 Å². The van der Waals surface area contributed by atoms with Gasteiger partial charge in [-0.15, -0.1) is 0 Å². The van der Waals surface area contributed by atoms with Crippen molar-refractivity contribution in [2.24, 2.45) is 0 Å². The van der Waals surface area contributed by atoms with Gasteiger partial charge in [-0.25, -0.2) is 0 Å². The van der Waals surface area contributed by atoms with E-state index < -0.39 is 5.60 Å². The van der Waals surface area contributed by atoms with Crippen molar-refractivity contribution in [1.29, 1.82) is 0 Å². The third-order valence-electron chi connectivity index (χ3n) is 8.30. The second kappa shape index (κ2) is 12.8. The molecule has 0 saturated carbocycles. The van der Waals surface area contributed by atoms with Crippen LogP contribution in [0.4, 0.5) is 0 Å². The molecular weight excluding hydrogens is 460 g/mol. The maximum absolute atomic E-state index is 11.4. The van der Waals surface area contributed by atoms with E-state index in [1.54, 1.807) is 0 Å². The van der Waals surface area contributed by atoms with Crippen molar-refractivity contribution >= 4 is 12.0 Å². The third-order valence-corrected chi connectivity index (χ3v) is 8.30. The number of ether oxygens (including phenoxy) is 2. The lowest BCUT2D eigenvalue weighted by molar-refractivity contribution is -0.142. The number of cyclic esters (lactones) is 1. The SMILES string of the molecule is CCCC[C@](O)(C=Cc1ccc(C(CC)(CC)c2ccc(OCC3CCC(=O)O3)c(C)c2)cc1C)CC. The summed E-state index contributed by atoms with van der Waals surface area (Å²) in [6.45, 7) is 13.4. The Morgan fingerprint density at radius 3 is 2.22 bits per heavy atom. The van der Waals surface area contributed by atoms with E-state index in [0.29, 0.717) is 13.0 Å². The molecule has 37 heavy (non-hydrogen) atoms. The van der Waals surface area contributed by atoms with Crippen LogP contribution < -0.4 is 4.74 Å². The molecule has 0 aromatic heterocycles. The molecule has 1 aliphatic heterocycles. The molecule has 1 heterocycles. The Labute approximate surface area is 224 Å². The highest BCUT2D eigenvalue weighted by Gasteiger charge is 2.32. The lowest BCUT2D eigenvalue weighted by Gasteiger charge is -2.34. The molecule has 2 atom stereocenters. The summed E-state index contributed by atoms with van der Waals surface area (Å²) >= 11 is 0. The second-order valence-electron chi connectivity index (χ2n) is 10.7. The normalized spacial score (nSPS) is 17.7. The van der Waals surface area contributed by atoms with Gasteiger partial charge in [0, 0.05) is 11.8 Å². The molecule has 0 spiro atoms. The van der Waals surface area contributed by atoms with E-state index in [9.17, 15) is 9.90 Å². The first-order chi connectivity index (χ1) is 17.7. The predicted molar refractivity (Wildman–Crippen MR) is 152 cm³/mol. The van der Waals surface area contributed by atoms with Crippen molar-refractivity contribution in [3.8, 4) is 5.75 Å². The number of benzene rings is 2. The number of hydrogen-bond donors (Lipinski definition) is 1. The first-order valence-electron chi connectivity index (χ1n) is 14.2. The maximum Gasteiger partial charge on any atom is 0.306 e. The van der Waals surface area contributed by atoms with E-state index in [4.69, 9.17) is 9.47 Å². The monoisotopic (exact) mass is 506 g/mol. The topological polar surface area (TPSA) is 55.8 Å². The highest BCUT2D eigenvalue weighted by Crippen LogP contribution is 2.41. The summed E-state index contributed by atoms with van der Waals surface area (Å²) in [6, 6.07) is 13.3. The van der Waals surface area contributed by atoms with Gasteiger partial charge in [-0.05, 0) is 79.8 Å². The number of hydrogen-bond acceptors (Lipinski definition) is 4. The van der Waals surface area contributed by atoms with Crippen molar-refractivity contribution in [2.45, 2.75) is 110 Å². The highest BCUT2D eigenvalue weighted by atomic mass is 16.6. The average Bonchev–Trinajstić information content (AvgIpc) is 3.32. The predicted octanol–water partition coefficient (Wildman–Crippen LogP) is 7.84. The summed E-state index contributed by atoms with van der Waals surface area (Å²) < 4.78 is 11.3. The van der Waals surface area contributed by atoms with Crippen molar-refractivity contribution in [1.82, 2.24) is 0 Å². The molecular formula is C33H46O4. The number of carbonyl (C=O) groups is 1. The molecule has 0 radical (unpaired) electrons. The molecule has 0 amide bonds. The summed E-state index contributed by atoms with van der Waals surface area (Å²) in [5, 5.41) is 11.0. The fourth-order valence-corrected chi connectivity index (χ4v) is 5.49. The van der Waals surface area contributed by atoms with Crippen LogP contribution in [0, 0.1) is 13.8 Å². The summed E-state index contributed by atoms with van der Waals surface area (Å²) in [6.07, 6.45) is 10.8. The highest BCUT2D eigenvalue weighted by molar-refractivity contribution is 5.71. The Morgan fingerprint density at radius 1 is 1.00 bits per heavy atom. The number of esters is 1. The molecule has 4 nitrogen and oxygen atoms in total. The zero-order valence-electron chi connectivity index (χ0n) is 23.7. The Morgan fingerprint density at radius 2 is 1.68 bits per heavy atom. The van der Waals surface area contributed by atoms with Gasteiger partial charge in [0.1, 0.15) is 18.5 Å². The molecule has 1 saturated heterocycles. The number of rotatable bonds is 13. The van der Waals surface area contributed by atoms with Crippen LogP contribution in [0.25, 0.3) is 6.08 Å². The Balaban J connectivity index is 1.83. The standard InChI is InChI=1S/C33H46O4/c1-7-11-19-32(35,8-2)20-18-26-12-13-27(21-24(26)5)33(9-3,10-4)28-14-16-30(25(6)22-28)36-23-29-15-17-31(34)37-29/h12-14,16,18,20-22,29,35H,7-11,15,17,19,23H2,1-6H3/t29?,32-/m0/s1. The van der Waals surface area contributed by atoms with Crippen molar-refractivity contribution in [3.05, 3.63) is 70.3 Å². The van der Waals surface area contributed by atoms with Gasteiger partial charge < -0.3 is 14.6 Å². The minimum absolute atomic E-state index is 0.0947. The molecule has 0 aliphatic carbocycles. The van der Waals surface area contributed by atoms with Gasteiger partial charge in [-0.1, -0.05) is 83.0 Å². The van der Waals surface area contributed by atoms with Gasteiger partial charge in [-0.2, -0.15) is 0 Å². The molecule has 2 aromatic rings. The fraction of sp³-hybridized carbons (Fsp3) is 0.545. The maximum atomic E-state index is 11.4. The van der Waals surface area contributed by atoms with Gasteiger partial charge in [0.25, 0.3) is 0 Å². The van der Waals surface area contributed by atoms with Crippen LogP contribution in [0.3, 0.4) is 0 Å². The zero-order valence-corrected chi connectivity index (χ0v) is 23.7. The number of aryl methyl sites for hydroxylation is 2. The average molecular weight is 507 g/mol. The van der Waals surface area contributed by atoms with E-state index in [0.717, 1.165) is 61.8 Å². The van der Waals surface area contributed by atoms with Gasteiger partial charge in [-0.3, -0.25) is 4.79 Å². The quantitative estimate of drug-likeness (QED) is 0.281. The van der Waals surface area contributed by atoms with Crippen LogP contribution in [0.2, 0.25) is 0 Å². The Kier molecular flexibility index (Phi) is 10.0. The first-order valence-corrected chi connectivity index (χ1v) is 14.2. The van der Waals surface area contributed by atoms with Gasteiger partial charge in [0.15, 0.2) is 0 Å². The van der Waals surface area contributed by atoms with Gasteiger partial charge >= 0.3 is 5.97 Å². The van der Waals surface area contributed by atoms with Crippen LogP contribution in [-0.4, -0.2) is 29.4 Å². The van der Waals surface area contributed by atoms with Crippen LogP contribution >= 0.6 is 0 Å². The number of carbonyl (C=O) groups excluding carboxylic acids is 1. The minimum atomic E-state index is -0.738. The zero-order chi connectivity index (χ0) is 27.1. The summed E-state index contributed by atoms with van der Waals surface area (Å²) in [7, 11) is 0. The molecule has 0 bridgehead atoms. The Bertz CT molecular complexity index is 1080. The van der Waals surface area contributed by atoms with E-state index >= 15 is 0 Å². The van der Waals surface area contributed by atoms with Crippen LogP contribution in [-0.2, 0) is 14.9 Å². The number of unbranched alkanes of at least 4 members (excludes halogenated alkanes) is 1. The van der Waals surface area contributed by atoms with Crippen LogP contribution in [0.5, 0.6) is 5.75 Å². The lowest BCUT2D eigenvalue weighted by Crippen LogP contribution is -2.26. The van der Waals surface area contributed by atoms with Crippen LogP contribution in [0.1, 0.15) is 107 Å². The van der Waals surface area contributed by atoms with Gasteiger partial charge in [0.05, 0.1) is 5.60 Å². The smallest absolute Gasteiger partial charge is 0.306 e. The van der Waals surface area contributed by atoms with E-state index in [1.165, 1.54) is 16.7 Å². The van der Waals surface area contributed by atoms with E-state index in [-0.39, 0.29) is 17.5 Å². The third kappa shape index (κ3) is 6.84. The molecule has 1 fully saturated rings. The second-order valence-corrected chi connectivity index (χ2v) is 10.7. The molecule has 1 N–H and O–H groups in total. The largest absolute Gasteiger partial charge is 0.489 e. The van der Waals surface area contributed by atoms with Crippen molar-refractivity contribution in [3.63, 3.8) is 0 Å². The summed E-state index contributed by atoms with van der Waals surface area (Å²) in [5.74, 6) is 0.710. The summed E-state index contributed by atoms with van der Waals surface area (Å²) in [4.78, 5) is 11.4. The van der Waals surface area contributed by atoms with Gasteiger partial charge in [0.2, 0.25) is 0 Å². The number of aliphatic hydroxyl groups is 1. The molecule has 202 valence electrons. The van der Waals surface area contributed by atoms with Crippen molar-refractivity contribution < 1.29 is 19.4 Å². The first kappa shape index (κ1) is 29.0. The summed E-state index contributed by atoms with van der Waals surface area (Å²) in [5.41, 5.74) is 5.24. The molecule has 4 heteroatoms.